The first-order valence-corrected chi connectivity index (χ1v) is 5.03. The Morgan fingerprint density at radius 1 is 1.00 bits per heavy atom. The van der Waals surface area contributed by atoms with Crippen LogP contribution in [0.1, 0.15) is 58.8 Å². The molecule has 0 saturated heterocycles. The SMILES string of the molecule is [B]C(C)CCCCCCCC. The lowest BCUT2D eigenvalue weighted by Gasteiger charge is -2.03. The minimum atomic E-state index is 0.404. The fraction of sp³-hybridized carbons (Fsp3) is 1.00. The van der Waals surface area contributed by atoms with Gasteiger partial charge in [-0.15, -0.1) is 0 Å². The van der Waals surface area contributed by atoms with E-state index >= 15 is 0 Å². The maximum absolute atomic E-state index is 5.63. The highest BCUT2D eigenvalue weighted by Crippen LogP contribution is 2.12. The van der Waals surface area contributed by atoms with E-state index in [0.29, 0.717) is 5.82 Å². The maximum atomic E-state index is 5.63. The zero-order valence-electron chi connectivity index (χ0n) is 8.10. The van der Waals surface area contributed by atoms with Gasteiger partial charge in [-0.1, -0.05) is 64.6 Å². The first-order chi connectivity index (χ1) is 5.27. The molecule has 2 radical (unpaired) electrons. The van der Waals surface area contributed by atoms with Gasteiger partial charge in [0.05, 0.1) is 7.85 Å². The summed E-state index contributed by atoms with van der Waals surface area (Å²) in [6, 6.07) is 0. The van der Waals surface area contributed by atoms with E-state index in [2.05, 4.69) is 13.8 Å². The molecular weight excluding hydrogens is 131 g/mol. The summed E-state index contributed by atoms with van der Waals surface area (Å²) in [7, 11) is 5.63. The van der Waals surface area contributed by atoms with Crippen molar-refractivity contribution >= 4 is 7.85 Å². The summed E-state index contributed by atoms with van der Waals surface area (Å²) in [5, 5.41) is 0. The highest BCUT2D eigenvalue weighted by molar-refractivity contribution is 6.11. The molecule has 0 aromatic carbocycles. The van der Waals surface area contributed by atoms with Gasteiger partial charge in [-0.25, -0.2) is 0 Å². The van der Waals surface area contributed by atoms with Crippen molar-refractivity contribution in [1.29, 1.82) is 0 Å². The largest absolute Gasteiger partial charge is 0.0802 e. The van der Waals surface area contributed by atoms with Gasteiger partial charge >= 0.3 is 0 Å². The second kappa shape index (κ2) is 8.16. The molecule has 0 aliphatic rings. The second-order valence-electron chi connectivity index (χ2n) is 3.53. The molecule has 0 aliphatic carbocycles. The smallest absolute Gasteiger partial charge is 0.0695 e. The van der Waals surface area contributed by atoms with Gasteiger partial charge in [0.1, 0.15) is 0 Å². The van der Waals surface area contributed by atoms with Crippen molar-refractivity contribution in [2.45, 2.75) is 64.6 Å². The Labute approximate surface area is 73.2 Å². The van der Waals surface area contributed by atoms with Crippen LogP contribution >= 0.6 is 0 Å². The highest BCUT2D eigenvalue weighted by atomic mass is 14.0. The molecular formula is C10H21B. The van der Waals surface area contributed by atoms with E-state index < -0.39 is 0 Å². The predicted molar refractivity (Wildman–Crippen MR) is 53.2 cm³/mol. The van der Waals surface area contributed by atoms with Gasteiger partial charge in [0.15, 0.2) is 0 Å². The molecule has 0 nitrogen and oxygen atoms in total. The van der Waals surface area contributed by atoms with E-state index in [1.54, 1.807) is 0 Å². The zero-order valence-corrected chi connectivity index (χ0v) is 8.10. The maximum Gasteiger partial charge on any atom is 0.0695 e. The van der Waals surface area contributed by atoms with Crippen molar-refractivity contribution in [2.75, 3.05) is 0 Å². The van der Waals surface area contributed by atoms with Gasteiger partial charge in [0.2, 0.25) is 0 Å². The average molecular weight is 152 g/mol. The van der Waals surface area contributed by atoms with Gasteiger partial charge in [0, 0.05) is 0 Å². The van der Waals surface area contributed by atoms with Crippen molar-refractivity contribution in [3.05, 3.63) is 0 Å². The third kappa shape index (κ3) is 10.1. The summed E-state index contributed by atoms with van der Waals surface area (Å²) in [5.41, 5.74) is 0. The van der Waals surface area contributed by atoms with Crippen molar-refractivity contribution in [2.24, 2.45) is 0 Å². The normalized spacial score (nSPS) is 13.3. The summed E-state index contributed by atoms with van der Waals surface area (Å²) in [5.74, 6) is 0.404. The van der Waals surface area contributed by atoms with E-state index in [-0.39, 0.29) is 0 Å². The number of unbranched alkanes of at least 4 members (excludes halogenated alkanes) is 5. The molecule has 0 fully saturated rings. The van der Waals surface area contributed by atoms with Crippen LogP contribution in [0.3, 0.4) is 0 Å². The lowest BCUT2D eigenvalue weighted by Crippen LogP contribution is -1.85. The van der Waals surface area contributed by atoms with Crippen LogP contribution < -0.4 is 0 Å². The van der Waals surface area contributed by atoms with E-state index in [0.717, 1.165) is 0 Å². The van der Waals surface area contributed by atoms with Crippen molar-refractivity contribution in [3.8, 4) is 0 Å². The van der Waals surface area contributed by atoms with Gasteiger partial charge < -0.3 is 0 Å². The molecule has 0 aromatic heterocycles. The summed E-state index contributed by atoms with van der Waals surface area (Å²) >= 11 is 0. The Balaban J connectivity index is 2.80. The van der Waals surface area contributed by atoms with Crippen LogP contribution in [-0.4, -0.2) is 7.85 Å². The molecule has 1 heteroatoms. The highest BCUT2D eigenvalue weighted by Gasteiger charge is 1.93. The monoisotopic (exact) mass is 152 g/mol. The minimum Gasteiger partial charge on any atom is -0.0802 e. The Morgan fingerprint density at radius 2 is 1.55 bits per heavy atom. The van der Waals surface area contributed by atoms with E-state index in [9.17, 15) is 0 Å². The minimum absolute atomic E-state index is 0.404. The zero-order chi connectivity index (χ0) is 8.53. The molecule has 0 aliphatic heterocycles. The first-order valence-electron chi connectivity index (χ1n) is 5.03. The van der Waals surface area contributed by atoms with Crippen LogP contribution in [0.25, 0.3) is 0 Å². The van der Waals surface area contributed by atoms with E-state index in [4.69, 9.17) is 7.85 Å². The standard InChI is InChI=1S/C10H21B/c1-3-4-5-6-7-8-9-10(2)11/h10H,3-9H2,1-2H3. The predicted octanol–water partition coefficient (Wildman–Crippen LogP) is 3.71. The Morgan fingerprint density at radius 3 is 2.09 bits per heavy atom. The van der Waals surface area contributed by atoms with Gasteiger partial charge in [-0.2, -0.15) is 0 Å². The Kier molecular flexibility index (Phi) is 8.21. The fourth-order valence-corrected chi connectivity index (χ4v) is 1.25. The molecule has 1 unspecified atom stereocenters. The topological polar surface area (TPSA) is 0 Å². The van der Waals surface area contributed by atoms with E-state index in [1.165, 1.54) is 44.9 Å². The van der Waals surface area contributed by atoms with Gasteiger partial charge in [-0.3, -0.25) is 0 Å². The summed E-state index contributed by atoms with van der Waals surface area (Å²) in [4.78, 5) is 0. The number of hydrogen-bond acceptors (Lipinski definition) is 0. The molecule has 0 N–H and O–H groups in total. The van der Waals surface area contributed by atoms with Gasteiger partial charge in [0.25, 0.3) is 0 Å². The van der Waals surface area contributed by atoms with Crippen LogP contribution in [0.5, 0.6) is 0 Å². The Bertz CT molecular complexity index is 69.3. The molecule has 0 bridgehead atoms. The molecule has 0 saturated carbocycles. The molecule has 0 spiro atoms. The van der Waals surface area contributed by atoms with Crippen molar-refractivity contribution in [1.82, 2.24) is 0 Å². The lowest BCUT2D eigenvalue weighted by molar-refractivity contribution is 0.585. The summed E-state index contributed by atoms with van der Waals surface area (Å²) < 4.78 is 0. The van der Waals surface area contributed by atoms with Crippen molar-refractivity contribution in [3.63, 3.8) is 0 Å². The molecule has 0 amide bonds. The van der Waals surface area contributed by atoms with Crippen LogP contribution in [0.2, 0.25) is 5.82 Å². The number of rotatable bonds is 7. The van der Waals surface area contributed by atoms with Crippen LogP contribution in [-0.2, 0) is 0 Å². The molecule has 64 valence electrons. The molecule has 0 aromatic rings. The Hall–Kier alpha value is 0.0649. The van der Waals surface area contributed by atoms with Crippen LogP contribution in [0.15, 0.2) is 0 Å². The first kappa shape index (κ1) is 11.1. The average Bonchev–Trinajstić information content (AvgIpc) is 1.96. The van der Waals surface area contributed by atoms with Gasteiger partial charge in [-0.05, 0) is 0 Å². The second-order valence-corrected chi connectivity index (χ2v) is 3.53. The van der Waals surface area contributed by atoms with E-state index in [1.807, 2.05) is 0 Å². The molecule has 0 rings (SSSR count). The van der Waals surface area contributed by atoms with Crippen LogP contribution in [0.4, 0.5) is 0 Å². The fourth-order valence-electron chi connectivity index (χ4n) is 1.25. The summed E-state index contributed by atoms with van der Waals surface area (Å²) in [6.45, 7) is 4.34. The molecule has 11 heavy (non-hydrogen) atoms. The molecule has 1 atom stereocenters. The summed E-state index contributed by atoms with van der Waals surface area (Å²) in [6.07, 6.45) is 9.45. The lowest BCUT2D eigenvalue weighted by atomic mass is 9.85. The quantitative estimate of drug-likeness (QED) is 0.385. The number of hydrogen-bond donors (Lipinski definition) is 0. The molecule has 0 heterocycles. The third-order valence-corrected chi connectivity index (χ3v) is 2.01. The third-order valence-electron chi connectivity index (χ3n) is 2.01. The van der Waals surface area contributed by atoms with Crippen LogP contribution in [0, 0.1) is 0 Å². The van der Waals surface area contributed by atoms with Crippen molar-refractivity contribution < 1.29 is 0 Å².